The van der Waals surface area contributed by atoms with Gasteiger partial charge >= 0.3 is 0 Å². The van der Waals surface area contributed by atoms with Gasteiger partial charge in [-0.2, -0.15) is 0 Å². The molecule has 3 aromatic rings. The minimum absolute atomic E-state index is 0.135. The highest BCUT2D eigenvalue weighted by atomic mass is 16.2. The Hall–Kier alpha value is -3.21. The molecule has 0 spiro atoms. The average molecular weight is 372 g/mol. The Morgan fingerprint density at radius 2 is 1.54 bits per heavy atom. The van der Waals surface area contributed by atoms with Crippen LogP contribution < -0.4 is 9.80 Å². The number of amides is 1. The predicted octanol–water partition coefficient (Wildman–Crippen LogP) is 4.41. The fraction of sp³-hybridized carbons (Fsp3) is 0.261. The third kappa shape index (κ3) is 3.88. The Morgan fingerprint density at radius 1 is 0.893 bits per heavy atom. The SMILES string of the molecule is CN(C(=O)c1cc(N2CCCCC2)nc(-c2ccccc2)n1)c1ccccc1. The quantitative estimate of drug-likeness (QED) is 0.681. The van der Waals surface area contributed by atoms with E-state index in [1.54, 1.807) is 11.9 Å². The van der Waals surface area contributed by atoms with Gasteiger partial charge in [-0.3, -0.25) is 4.79 Å². The molecule has 2 aromatic carbocycles. The molecule has 1 aromatic heterocycles. The summed E-state index contributed by atoms with van der Waals surface area (Å²) in [6.45, 7) is 1.93. The van der Waals surface area contributed by atoms with Crippen LogP contribution in [0.3, 0.4) is 0 Å². The third-order valence-electron chi connectivity index (χ3n) is 5.09. The van der Waals surface area contributed by atoms with Crippen LogP contribution in [-0.4, -0.2) is 36.0 Å². The van der Waals surface area contributed by atoms with Crippen molar-refractivity contribution in [2.24, 2.45) is 0 Å². The van der Waals surface area contributed by atoms with Crippen LogP contribution in [0.2, 0.25) is 0 Å². The van der Waals surface area contributed by atoms with E-state index in [1.807, 2.05) is 66.7 Å². The minimum Gasteiger partial charge on any atom is -0.356 e. The molecule has 1 aliphatic rings. The van der Waals surface area contributed by atoms with Crippen molar-refractivity contribution in [2.45, 2.75) is 19.3 Å². The molecule has 0 aliphatic carbocycles. The molecule has 0 N–H and O–H groups in total. The van der Waals surface area contributed by atoms with Crippen LogP contribution in [0.5, 0.6) is 0 Å². The van der Waals surface area contributed by atoms with Gasteiger partial charge in [0, 0.05) is 37.5 Å². The Labute approximate surface area is 165 Å². The highest BCUT2D eigenvalue weighted by Gasteiger charge is 2.21. The number of rotatable bonds is 4. The summed E-state index contributed by atoms with van der Waals surface area (Å²) in [5, 5.41) is 0. The van der Waals surface area contributed by atoms with Crippen LogP contribution in [0, 0.1) is 0 Å². The molecule has 142 valence electrons. The molecule has 1 aliphatic heterocycles. The minimum atomic E-state index is -0.135. The van der Waals surface area contributed by atoms with Gasteiger partial charge in [-0.25, -0.2) is 9.97 Å². The largest absolute Gasteiger partial charge is 0.356 e. The van der Waals surface area contributed by atoms with Gasteiger partial charge < -0.3 is 9.80 Å². The average Bonchev–Trinajstić information content (AvgIpc) is 2.79. The zero-order valence-electron chi connectivity index (χ0n) is 16.1. The molecule has 28 heavy (non-hydrogen) atoms. The molecule has 4 rings (SSSR count). The smallest absolute Gasteiger partial charge is 0.276 e. The van der Waals surface area contributed by atoms with E-state index in [0.717, 1.165) is 43.0 Å². The number of para-hydroxylation sites is 1. The van der Waals surface area contributed by atoms with E-state index < -0.39 is 0 Å². The van der Waals surface area contributed by atoms with E-state index in [-0.39, 0.29) is 5.91 Å². The van der Waals surface area contributed by atoms with Crippen molar-refractivity contribution in [3.63, 3.8) is 0 Å². The van der Waals surface area contributed by atoms with Gasteiger partial charge in [0.15, 0.2) is 5.82 Å². The first-order valence-corrected chi connectivity index (χ1v) is 9.75. The molecule has 0 atom stereocenters. The van der Waals surface area contributed by atoms with Gasteiger partial charge in [0.25, 0.3) is 5.91 Å². The van der Waals surface area contributed by atoms with E-state index in [2.05, 4.69) is 9.88 Å². The van der Waals surface area contributed by atoms with E-state index in [0.29, 0.717) is 11.5 Å². The molecule has 0 unspecified atom stereocenters. The molecule has 5 heteroatoms. The zero-order chi connectivity index (χ0) is 19.3. The predicted molar refractivity (Wildman–Crippen MR) is 113 cm³/mol. The van der Waals surface area contributed by atoms with Gasteiger partial charge in [0.1, 0.15) is 11.5 Å². The highest BCUT2D eigenvalue weighted by Crippen LogP contribution is 2.24. The normalized spacial score (nSPS) is 14.0. The number of hydrogen-bond donors (Lipinski definition) is 0. The van der Waals surface area contributed by atoms with Crippen molar-refractivity contribution in [2.75, 3.05) is 29.9 Å². The number of piperidine rings is 1. The number of benzene rings is 2. The van der Waals surface area contributed by atoms with Crippen LogP contribution in [0.15, 0.2) is 66.7 Å². The van der Waals surface area contributed by atoms with Gasteiger partial charge in [-0.1, -0.05) is 48.5 Å². The van der Waals surface area contributed by atoms with Crippen molar-refractivity contribution in [1.29, 1.82) is 0 Å². The number of nitrogens with zero attached hydrogens (tertiary/aromatic N) is 4. The molecule has 1 amide bonds. The van der Waals surface area contributed by atoms with Crippen LogP contribution in [0.25, 0.3) is 11.4 Å². The molecule has 1 saturated heterocycles. The summed E-state index contributed by atoms with van der Waals surface area (Å²) in [4.78, 5) is 26.5. The standard InChI is InChI=1S/C23H24N4O/c1-26(19-13-7-3-8-14-19)23(28)20-17-21(27-15-9-4-10-16-27)25-22(24-20)18-11-5-2-6-12-18/h2-3,5-8,11-14,17H,4,9-10,15-16H2,1H3. The first-order chi connectivity index (χ1) is 13.7. The third-order valence-corrected chi connectivity index (χ3v) is 5.09. The summed E-state index contributed by atoms with van der Waals surface area (Å²) in [5.74, 6) is 1.29. The van der Waals surface area contributed by atoms with Gasteiger partial charge in [0.2, 0.25) is 0 Å². The Balaban J connectivity index is 1.74. The monoisotopic (exact) mass is 372 g/mol. The molecular weight excluding hydrogens is 348 g/mol. The van der Waals surface area contributed by atoms with E-state index in [1.165, 1.54) is 6.42 Å². The van der Waals surface area contributed by atoms with Crippen LogP contribution in [0.4, 0.5) is 11.5 Å². The number of carbonyl (C=O) groups is 1. The van der Waals surface area contributed by atoms with Crippen molar-refractivity contribution in [1.82, 2.24) is 9.97 Å². The lowest BCUT2D eigenvalue weighted by Crippen LogP contribution is -2.32. The second-order valence-corrected chi connectivity index (χ2v) is 7.05. The summed E-state index contributed by atoms with van der Waals surface area (Å²) in [6, 6.07) is 21.3. The Kier molecular flexibility index (Phi) is 5.33. The maximum atomic E-state index is 13.2. The number of aromatic nitrogens is 2. The summed E-state index contributed by atoms with van der Waals surface area (Å²) in [5.41, 5.74) is 2.17. The maximum absolute atomic E-state index is 13.2. The highest BCUT2D eigenvalue weighted by molar-refractivity contribution is 6.05. The molecular formula is C23H24N4O. The molecule has 1 fully saturated rings. The van der Waals surface area contributed by atoms with Crippen LogP contribution in [0.1, 0.15) is 29.8 Å². The summed E-state index contributed by atoms with van der Waals surface area (Å²) in [7, 11) is 1.78. The fourth-order valence-electron chi connectivity index (χ4n) is 3.49. The first-order valence-electron chi connectivity index (χ1n) is 9.75. The maximum Gasteiger partial charge on any atom is 0.276 e. The Bertz CT molecular complexity index is 937. The van der Waals surface area contributed by atoms with Gasteiger partial charge in [-0.15, -0.1) is 0 Å². The molecule has 5 nitrogen and oxygen atoms in total. The number of anilines is 2. The molecule has 2 heterocycles. The molecule has 0 saturated carbocycles. The first kappa shape index (κ1) is 18.2. The van der Waals surface area contributed by atoms with E-state index >= 15 is 0 Å². The lowest BCUT2D eigenvalue weighted by molar-refractivity contribution is 0.0988. The van der Waals surface area contributed by atoms with Crippen molar-refractivity contribution in [3.05, 3.63) is 72.4 Å². The lowest BCUT2D eigenvalue weighted by atomic mass is 10.1. The number of hydrogen-bond acceptors (Lipinski definition) is 4. The van der Waals surface area contributed by atoms with Crippen molar-refractivity contribution < 1.29 is 4.79 Å². The van der Waals surface area contributed by atoms with Gasteiger partial charge in [-0.05, 0) is 31.4 Å². The second-order valence-electron chi connectivity index (χ2n) is 7.05. The van der Waals surface area contributed by atoms with E-state index in [4.69, 9.17) is 4.98 Å². The summed E-state index contributed by atoms with van der Waals surface area (Å²) in [6.07, 6.45) is 3.55. The fourth-order valence-corrected chi connectivity index (χ4v) is 3.49. The molecule has 0 bridgehead atoms. The molecule has 0 radical (unpaired) electrons. The van der Waals surface area contributed by atoms with Crippen LogP contribution in [-0.2, 0) is 0 Å². The summed E-state index contributed by atoms with van der Waals surface area (Å²) >= 11 is 0. The summed E-state index contributed by atoms with van der Waals surface area (Å²) < 4.78 is 0. The van der Waals surface area contributed by atoms with Crippen molar-refractivity contribution in [3.8, 4) is 11.4 Å². The zero-order valence-corrected chi connectivity index (χ0v) is 16.1. The van der Waals surface area contributed by atoms with Crippen molar-refractivity contribution >= 4 is 17.4 Å². The topological polar surface area (TPSA) is 49.3 Å². The van der Waals surface area contributed by atoms with E-state index in [9.17, 15) is 4.79 Å². The lowest BCUT2D eigenvalue weighted by Gasteiger charge is -2.28. The van der Waals surface area contributed by atoms with Gasteiger partial charge in [0.05, 0.1) is 0 Å². The Morgan fingerprint density at radius 3 is 2.21 bits per heavy atom. The number of carbonyl (C=O) groups excluding carboxylic acids is 1. The second kappa shape index (κ2) is 8.21. The van der Waals surface area contributed by atoms with Crippen LogP contribution >= 0.6 is 0 Å².